The molecule has 0 atom stereocenters. The highest BCUT2D eigenvalue weighted by Crippen LogP contribution is 2.31. The quantitative estimate of drug-likeness (QED) is 0.650. The number of hydrogen-bond acceptors (Lipinski definition) is 3. The fourth-order valence-corrected chi connectivity index (χ4v) is 2.16. The van der Waals surface area contributed by atoms with E-state index >= 15 is 0 Å². The van der Waals surface area contributed by atoms with E-state index < -0.39 is 0 Å². The number of hydrogen-bond donors (Lipinski definition) is 0. The molecule has 3 aromatic rings. The van der Waals surface area contributed by atoms with Gasteiger partial charge < -0.3 is 0 Å². The first-order chi connectivity index (χ1) is 9.19. The molecule has 0 spiro atoms. The van der Waals surface area contributed by atoms with Gasteiger partial charge >= 0.3 is 0 Å². The predicted octanol–water partition coefficient (Wildman–Crippen LogP) is 4.36. The molecule has 0 aliphatic carbocycles. The van der Waals surface area contributed by atoms with Gasteiger partial charge in [-0.1, -0.05) is 41.4 Å². The lowest BCUT2D eigenvalue weighted by Crippen LogP contribution is -1.82. The molecule has 19 heavy (non-hydrogen) atoms. The van der Waals surface area contributed by atoms with Gasteiger partial charge in [0.2, 0.25) is 5.82 Å². The van der Waals surface area contributed by atoms with Gasteiger partial charge in [0.1, 0.15) is 11.3 Å². The molecule has 0 saturated carbocycles. The summed E-state index contributed by atoms with van der Waals surface area (Å²) in [6, 6.07) is 11.3. The molecular formula is C14H10ClN3O. The number of pyridine rings is 1. The first kappa shape index (κ1) is 11.9. The minimum Gasteiger partial charge on any atom is -0.280 e. The minimum absolute atomic E-state index is 0.265. The van der Waals surface area contributed by atoms with Gasteiger partial charge in [-0.05, 0) is 24.2 Å². The second-order valence-electron chi connectivity index (χ2n) is 4.32. The van der Waals surface area contributed by atoms with Crippen LogP contribution in [0.1, 0.15) is 5.56 Å². The molecule has 94 valence electrons. The number of imidazole rings is 1. The highest BCUT2D eigenvalue weighted by molar-refractivity contribution is 6.30. The third-order valence-corrected chi connectivity index (χ3v) is 3.19. The first-order valence-electron chi connectivity index (χ1n) is 5.77. The van der Waals surface area contributed by atoms with E-state index in [2.05, 4.69) is 10.2 Å². The van der Waals surface area contributed by atoms with Gasteiger partial charge in [0.25, 0.3) is 0 Å². The second-order valence-corrected chi connectivity index (χ2v) is 4.75. The van der Waals surface area contributed by atoms with Gasteiger partial charge in [0, 0.05) is 11.8 Å². The van der Waals surface area contributed by atoms with Crippen LogP contribution < -0.4 is 0 Å². The van der Waals surface area contributed by atoms with Gasteiger partial charge in [-0.15, -0.1) is 4.91 Å². The van der Waals surface area contributed by atoms with Crippen LogP contribution in [0.3, 0.4) is 0 Å². The topological polar surface area (TPSA) is 46.7 Å². The maximum atomic E-state index is 11.1. The summed E-state index contributed by atoms with van der Waals surface area (Å²) in [6.45, 7) is 2.01. The third kappa shape index (κ3) is 2.00. The Hall–Kier alpha value is -2.20. The van der Waals surface area contributed by atoms with Crippen LogP contribution in [-0.2, 0) is 0 Å². The molecule has 4 nitrogen and oxygen atoms in total. The molecule has 0 radical (unpaired) electrons. The average molecular weight is 272 g/mol. The first-order valence-corrected chi connectivity index (χ1v) is 6.15. The Balaban J connectivity index is 2.28. The Morgan fingerprint density at radius 1 is 1.16 bits per heavy atom. The number of fused-ring (bicyclic) bond motifs is 1. The zero-order chi connectivity index (χ0) is 13.4. The lowest BCUT2D eigenvalue weighted by molar-refractivity contribution is 1.16. The van der Waals surface area contributed by atoms with E-state index in [1.165, 1.54) is 0 Å². The molecule has 5 heteroatoms. The van der Waals surface area contributed by atoms with Crippen molar-refractivity contribution in [1.82, 2.24) is 9.38 Å². The average Bonchev–Trinajstić information content (AvgIpc) is 2.77. The van der Waals surface area contributed by atoms with E-state index in [-0.39, 0.29) is 5.82 Å². The molecule has 1 aromatic carbocycles. The standard InChI is InChI=1S/C14H10ClN3O/c1-9-2-4-10(5-3-9)13-14(17-19)18-8-11(15)6-7-12(18)16-13/h2-8H,1H3. The van der Waals surface area contributed by atoms with Crippen molar-refractivity contribution in [2.45, 2.75) is 6.92 Å². The smallest absolute Gasteiger partial charge is 0.209 e. The minimum atomic E-state index is 0.265. The third-order valence-electron chi connectivity index (χ3n) is 2.97. The van der Waals surface area contributed by atoms with E-state index in [0.29, 0.717) is 16.4 Å². The van der Waals surface area contributed by atoms with E-state index in [0.717, 1.165) is 11.1 Å². The van der Waals surface area contributed by atoms with Gasteiger partial charge in [0.05, 0.1) is 5.02 Å². The number of halogens is 1. The van der Waals surface area contributed by atoms with Crippen LogP contribution >= 0.6 is 11.6 Å². The van der Waals surface area contributed by atoms with Crippen molar-refractivity contribution in [2.24, 2.45) is 5.18 Å². The molecular weight excluding hydrogens is 262 g/mol. The van der Waals surface area contributed by atoms with Crippen LogP contribution in [0.5, 0.6) is 0 Å². The Kier molecular flexibility index (Phi) is 2.80. The maximum absolute atomic E-state index is 11.1. The maximum Gasteiger partial charge on any atom is 0.209 e. The monoisotopic (exact) mass is 271 g/mol. The number of aromatic nitrogens is 2. The molecule has 0 N–H and O–H groups in total. The van der Waals surface area contributed by atoms with Crippen LogP contribution in [0.2, 0.25) is 5.02 Å². The lowest BCUT2D eigenvalue weighted by atomic mass is 10.1. The second kappa shape index (κ2) is 4.48. The van der Waals surface area contributed by atoms with Gasteiger partial charge in [-0.25, -0.2) is 4.98 Å². The van der Waals surface area contributed by atoms with Crippen LogP contribution in [0, 0.1) is 11.8 Å². The fourth-order valence-electron chi connectivity index (χ4n) is 2.00. The normalized spacial score (nSPS) is 10.8. The van der Waals surface area contributed by atoms with Crippen molar-refractivity contribution in [3.05, 3.63) is 58.1 Å². The molecule has 0 unspecified atom stereocenters. The number of benzene rings is 1. The fraction of sp³-hybridized carbons (Fsp3) is 0.0714. The van der Waals surface area contributed by atoms with Crippen molar-refractivity contribution in [1.29, 1.82) is 0 Å². The number of aryl methyl sites for hydroxylation is 1. The molecule has 0 saturated heterocycles. The zero-order valence-electron chi connectivity index (χ0n) is 10.2. The van der Waals surface area contributed by atoms with E-state index in [9.17, 15) is 4.91 Å². The largest absolute Gasteiger partial charge is 0.280 e. The lowest BCUT2D eigenvalue weighted by Gasteiger charge is -1.98. The summed E-state index contributed by atoms with van der Waals surface area (Å²) < 4.78 is 1.60. The SMILES string of the molecule is Cc1ccc(-c2nc3ccc(Cl)cn3c2N=O)cc1. The molecule has 2 heterocycles. The molecule has 0 fully saturated rings. The summed E-state index contributed by atoms with van der Waals surface area (Å²) in [5.74, 6) is 0.265. The van der Waals surface area contributed by atoms with Crippen LogP contribution in [-0.4, -0.2) is 9.38 Å². The molecule has 0 amide bonds. The Bertz CT molecular complexity index is 762. The van der Waals surface area contributed by atoms with E-state index in [1.54, 1.807) is 22.7 Å². The Morgan fingerprint density at radius 2 is 1.89 bits per heavy atom. The van der Waals surface area contributed by atoms with Crippen molar-refractivity contribution in [3.8, 4) is 11.3 Å². The highest BCUT2D eigenvalue weighted by atomic mass is 35.5. The highest BCUT2D eigenvalue weighted by Gasteiger charge is 2.14. The summed E-state index contributed by atoms with van der Waals surface area (Å²) in [4.78, 5) is 15.5. The van der Waals surface area contributed by atoms with Crippen molar-refractivity contribution >= 4 is 23.1 Å². The number of nitroso groups, excluding NO2 is 1. The van der Waals surface area contributed by atoms with Crippen molar-refractivity contribution < 1.29 is 0 Å². The van der Waals surface area contributed by atoms with Crippen molar-refractivity contribution in [3.63, 3.8) is 0 Å². The molecule has 0 aliphatic rings. The summed E-state index contributed by atoms with van der Waals surface area (Å²) in [5.41, 5.74) is 3.23. The van der Waals surface area contributed by atoms with Gasteiger partial charge in [-0.3, -0.25) is 4.40 Å². The Labute approximate surface area is 114 Å². The van der Waals surface area contributed by atoms with E-state index in [4.69, 9.17) is 11.6 Å². The molecule has 0 aliphatic heterocycles. The van der Waals surface area contributed by atoms with E-state index in [1.807, 2.05) is 31.2 Å². The zero-order valence-corrected chi connectivity index (χ0v) is 10.9. The van der Waals surface area contributed by atoms with Gasteiger partial charge in [0.15, 0.2) is 0 Å². The van der Waals surface area contributed by atoms with Gasteiger partial charge in [-0.2, -0.15) is 0 Å². The summed E-state index contributed by atoms with van der Waals surface area (Å²) in [6.07, 6.45) is 1.64. The molecule has 2 aromatic heterocycles. The summed E-state index contributed by atoms with van der Waals surface area (Å²) in [7, 11) is 0. The number of rotatable bonds is 2. The van der Waals surface area contributed by atoms with Crippen LogP contribution in [0.4, 0.5) is 5.82 Å². The van der Waals surface area contributed by atoms with Crippen molar-refractivity contribution in [2.75, 3.05) is 0 Å². The summed E-state index contributed by atoms with van der Waals surface area (Å²) in [5, 5.41) is 3.62. The van der Waals surface area contributed by atoms with Crippen LogP contribution in [0.15, 0.2) is 47.8 Å². The molecule has 3 rings (SSSR count). The van der Waals surface area contributed by atoms with Crippen LogP contribution in [0.25, 0.3) is 16.9 Å². The number of nitrogens with zero attached hydrogens (tertiary/aromatic N) is 3. The molecule has 0 bridgehead atoms. The summed E-state index contributed by atoms with van der Waals surface area (Å²) >= 11 is 5.93. The predicted molar refractivity (Wildman–Crippen MR) is 75.8 cm³/mol. The Morgan fingerprint density at radius 3 is 2.58 bits per heavy atom.